The van der Waals surface area contributed by atoms with Crippen molar-refractivity contribution < 1.29 is 9.59 Å². The van der Waals surface area contributed by atoms with E-state index in [9.17, 15) is 9.59 Å². The molecule has 3 rings (SSSR count). The van der Waals surface area contributed by atoms with Crippen LogP contribution in [-0.4, -0.2) is 24.9 Å². The quantitative estimate of drug-likeness (QED) is 0.666. The van der Waals surface area contributed by atoms with Gasteiger partial charge < -0.3 is 16.4 Å². The van der Waals surface area contributed by atoms with Crippen molar-refractivity contribution in [2.24, 2.45) is 17.6 Å². The Kier molecular flexibility index (Phi) is 7.42. The molecule has 3 unspecified atom stereocenters. The van der Waals surface area contributed by atoms with Crippen LogP contribution in [0.5, 0.6) is 0 Å². The van der Waals surface area contributed by atoms with Crippen LogP contribution in [0.25, 0.3) is 0 Å². The van der Waals surface area contributed by atoms with Crippen LogP contribution in [0.3, 0.4) is 0 Å². The van der Waals surface area contributed by atoms with Crippen molar-refractivity contribution in [3.8, 4) is 0 Å². The third kappa shape index (κ3) is 5.91. The highest BCUT2D eigenvalue weighted by Crippen LogP contribution is 2.28. The lowest BCUT2D eigenvalue weighted by atomic mass is 9.81. The number of amides is 2. The normalized spacial score (nSPS) is 19.9. The average Bonchev–Trinajstić information content (AvgIpc) is 2.78. The fourth-order valence-electron chi connectivity index (χ4n) is 4.00. The Labute approximate surface area is 173 Å². The molecule has 154 valence electrons. The van der Waals surface area contributed by atoms with E-state index in [2.05, 4.69) is 10.6 Å². The van der Waals surface area contributed by atoms with Crippen LogP contribution in [0.1, 0.15) is 54.4 Å². The van der Waals surface area contributed by atoms with Gasteiger partial charge in [-0.25, -0.2) is 0 Å². The molecule has 2 aromatic carbocycles. The molecule has 0 aliphatic heterocycles. The standard InChI is InChI=1S/C24H31N3O2/c1-17(23(28)26-16-19-7-5-6-18(14-19)15-25)20-10-12-22(13-11-20)27-24(29)21-8-3-2-4-9-21/h2-4,8-13,17-19H,5-7,14-16,25H2,1H3,(H,26,28)(H,27,29). The van der Waals surface area contributed by atoms with Crippen molar-refractivity contribution >= 4 is 17.5 Å². The lowest BCUT2D eigenvalue weighted by Crippen LogP contribution is -2.35. The average molecular weight is 394 g/mol. The van der Waals surface area contributed by atoms with E-state index in [-0.39, 0.29) is 17.7 Å². The van der Waals surface area contributed by atoms with E-state index in [0.29, 0.717) is 23.1 Å². The molecule has 1 aliphatic rings. The van der Waals surface area contributed by atoms with Gasteiger partial charge in [0.05, 0.1) is 5.92 Å². The first-order chi connectivity index (χ1) is 14.1. The molecule has 3 atom stereocenters. The summed E-state index contributed by atoms with van der Waals surface area (Å²) in [4.78, 5) is 24.8. The molecule has 0 bridgehead atoms. The van der Waals surface area contributed by atoms with Crippen molar-refractivity contribution in [2.45, 2.75) is 38.5 Å². The van der Waals surface area contributed by atoms with Gasteiger partial charge in [-0.3, -0.25) is 9.59 Å². The minimum absolute atomic E-state index is 0.0425. The predicted octanol–water partition coefficient (Wildman–Crippen LogP) is 3.92. The Morgan fingerprint density at radius 2 is 1.72 bits per heavy atom. The maximum Gasteiger partial charge on any atom is 0.255 e. The van der Waals surface area contributed by atoms with Gasteiger partial charge in [0.15, 0.2) is 0 Å². The van der Waals surface area contributed by atoms with Crippen LogP contribution in [0, 0.1) is 11.8 Å². The molecule has 2 aromatic rings. The third-order valence-electron chi connectivity index (χ3n) is 5.89. The molecule has 5 nitrogen and oxygen atoms in total. The van der Waals surface area contributed by atoms with Crippen LogP contribution in [0.15, 0.2) is 54.6 Å². The van der Waals surface area contributed by atoms with Gasteiger partial charge in [-0.15, -0.1) is 0 Å². The van der Waals surface area contributed by atoms with Gasteiger partial charge >= 0.3 is 0 Å². The highest BCUT2D eigenvalue weighted by Gasteiger charge is 2.22. The number of nitrogens with one attached hydrogen (secondary N) is 2. The summed E-state index contributed by atoms with van der Waals surface area (Å²) in [6.07, 6.45) is 4.70. The van der Waals surface area contributed by atoms with E-state index in [1.807, 2.05) is 49.4 Å². The van der Waals surface area contributed by atoms with Crippen LogP contribution in [-0.2, 0) is 4.79 Å². The summed E-state index contributed by atoms with van der Waals surface area (Å²) in [5, 5.41) is 6.00. The van der Waals surface area contributed by atoms with Gasteiger partial charge in [0.2, 0.25) is 5.91 Å². The molecule has 0 saturated heterocycles. The molecule has 1 aliphatic carbocycles. The van der Waals surface area contributed by atoms with Crippen LogP contribution >= 0.6 is 0 Å². The van der Waals surface area contributed by atoms with Gasteiger partial charge in [-0.05, 0) is 74.4 Å². The minimum Gasteiger partial charge on any atom is -0.355 e. The topological polar surface area (TPSA) is 84.2 Å². The number of nitrogens with two attached hydrogens (primary N) is 1. The zero-order valence-corrected chi connectivity index (χ0v) is 17.1. The number of hydrogen-bond acceptors (Lipinski definition) is 3. The van der Waals surface area contributed by atoms with Crippen molar-refractivity contribution in [3.63, 3.8) is 0 Å². The Balaban J connectivity index is 1.51. The van der Waals surface area contributed by atoms with Crippen molar-refractivity contribution in [1.82, 2.24) is 5.32 Å². The number of hydrogen-bond donors (Lipinski definition) is 3. The molecule has 29 heavy (non-hydrogen) atoms. The summed E-state index contributed by atoms with van der Waals surface area (Å²) in [5.74, 6) is 0.793. The van der Waals surface area contributed by atoms with E-state index in [0.717, 1.165) is 25.1 Å². The molecule has 0 radical (unpaired) electrons. The highest BCUT2D eigenvalue weighted by atomic mass is 16.2. The second-order valence-electron chi connectivity index (χ2n) is 8.04. The minimum atomic E-state index is -0.234. The monoisotopic (exact) mass is 393 g/mol. The summed E-state index contributed by atoms with van der Waals surface area (Å²) in [7, 11) is 0. The van der Waals surface area contributed by atoms with Gasteiger partial charge in [-0.2, -0.15) is 0 Å². The summed E-state index contributed by atoms with van der Waals surface area (Å²) in [6.45, 7) is 3.38. The van der Waals surface area contributed by atoms with E-state index < -0.39 is 0 Å². The van der Waals surface area contributed by atoms with Crippen molar-refractivity contribution in [2.75, 3.05) is 18.4 Å². The molecule has 2 amide bonds. The number of carbonyl (C=O) groups is 2. The third-order valence-corrected chi connectivity index (χ3v) is 5.89. The van der Waals surface area contributed by atoms with Gasteiger partial charge in [0.25, 0.3) is 5.91 Å². The molecule has 0 spiro atoms. The molecule has 0 heterocycles. The number of anilines is 1. The summed E-state index contributed by atoms with van der Waals surface area (Å²) < 4.78 is 0. The van der Waals surface area contributed by atoms with Gasteiger partial charge in [0.1, 0.15) is 0 Å². The summed E-state index contributed by atoms with van der Waals surface area (Å²) >= 11 is 0. The summed E-state index contributed by atoms with van der Waals surface area (Å²) in [5.41, 5.74) is 8.07. The molecule has 1 saturated carbocycles. The van der Waals surface area contributed by atoms with E-state index >= 15 is 0 Å². The predicted molar refractivity (Wildman–Crippen MR) is 117 cm³/mol. The maximum absolute atomic E-state index is 12.6. The van der Waals surface area contributed by atoms with E-state index in [1.165, 1.54) is 19.3 Å². The SMILES string of the molecule is CC(C(=O)NCC1CCCC(CN)C1)c1ccc(NC(=O)c2ccccc2)cc1. The molecule has 5 heteroatoms. The first-order valence-corrected chi connectivity index (χ1v) is 10.5. The Morgan fingerprint density at radius 1 is 1.03 bits per heavy atom. The van der Waals surface area contributed by atoms with E-state index in [1.54, 1.807) is 12.1 Å². The zero-order valence-electron chi connectivity index (χ0n) is 17.1. The number of benzene rings is 2. The van der Waals surface area contributed by atoms with Crippen molar-refractivity contribution in [3.05, 3.63) is 65.7 Å². The Hall–Kier alpha value is -2.66. The molecular formula is C24H31N3O2. The van der Waals surface area contributed by atoms with Gasteiger partial charge in [-0.1, -0.05) is 36.8 Å². The largest absolute Gasteiger partial charge is 0.355 e. The molecule has 1 fully saturated rings. The fourth-order valence-corrected chi connectivity index (χ4v) is 4.00. The highest BCUT2D eigenvalue weighted by molar-refractivity contribution is 6.04. The number of rotatable bonds is 7. The first-order valence-electron chi connectivity index (χ1n) is 10.5. The Bertz CT molecular complexity index is 805. The zero-order chi connectivity index (χ0) is 20.6. The van der Waals surface area contributed by atoms with E-state index in [4.69, 9.17) is 5.73 Å². The van der Waals surface area contributed by atoms with Crippen LogP contribution in [0.4, 0.5) is 5.69 Å². The van der Waals surface area contributed by atoms with Crippen LogP contribution in [0.2, 0.25) is 0 Å². The molecular weight excluding hydrogens is 362 g/mol. The molecule has 0 aromatic heterocycles. The second-order valence-corrected chi connectivity index (χ2v) is 8.04. The molecule has 4 N–H and O–H groups in total. The van der Waals surface area contributed by atoms with Crippen molar-refractivity contribution in [1.29, 1.82) is 0 Å². The Morgan fingerprint density at radius 3 is 2.41 bits per heavy atom. The smallest absolute Gasteiger partial charge is 0.255 e. The van der Waals surface area contributed by atoms with Crippen LogP contribution < -0.4 is 16.4 Å². The fraction of sp³-hybridized carbons (Fsp3) is 0.417. The first kappa shape index (κ1) is 21.1. The van der Waals surface area contributed by atoms with Gasteiger partial charge in [0, 0.05) is 17.8 Å². The summed E-state index contributed by atoms with van der Waals surface area (Å²) in [6, 6.07) is 16.6. The maximum atomic E-state index is 12.6. The number of carbonyl (C=O) groups excluding carboxylic acids is 2. The lowest BCUT2D eigenvalue weighted by Gasteiger charge is -2.28. The second kappa shape index (κ2) is 10.2. The lowest BCUT2D eigenvalue weighted by molar-refractivity contribution is -0.122.